The van der Waals surface area contributed by atoms with Crippen molar-refractivity contribution in [2.45, 2.75) is 13.5 Å². The molecule has 0 fully saturated rings. The van der Waals surface area contributed by atoms with Crippen LogP contribution in [0.5, 0.6) is 0 Å². The van der Waals surface area contributed by atoms with Crippen LogP contribution in [-0.2, 0) is 11.3 Å². The first-order valence-electron chi connectivity index (χ1n) is 6.13. The van der Waals surface area contributed by atoms with Gasteiger partial charge in [0.1, 0.15) is 0 Å². The number of amides is 1. The monoisotopic (exact) mass is 286 g/mol. The number of hydrogen-bond acceptors (Lipinski definition) is 5. The summed E-state index contributed by atoms with van der Waals surface area (Å²) in [7, 11) is 0. The number of aromatic carboxylic acids is 1. The minimum absolute atomic E-state index is 0.0408. The molecule has 0 spiro atoms. The number of carboxylic acid groups (broad SMARTS) is 1. The predicted molar refractivity (Wildman–Crippen MR) is 70.2 cm³/mol. The fourth-order valence-corrected chi connectivity index (χ4v) is 2.22. The number of nitrogens with zero attached hydrogens (tertiary/aromatic N) is 2. The lowest BCUT2D eigenvalue weighted by atomic mass is 10.1. The first-order valence-corrected chi connectivity index (χ1v) is 6.13. The van der Waals surface area contributed by atoms with E-state index in [-0.39, 0.29) is 18.0 Å². The molecule has 0 atom stereocenters. The SMILES string of the molecule is Cc1ccc2c(c1)C(=O)C(=O)N2Cc1cc(C(=O)O)no1. The number of ketones is 1. The van der Waals surface area contributed by atoms with Crippen LogP contribution in [0.3, 0.4) is 0 Å². The quantitative estimate of drug-likeness (QED) is 0.856. The molecule has 0 radical (unpaired) electrons. The van der Waals surface area contributed by atoms with Crippen molar-refractivity contribution >= 4 is 23.3 Å². The molecule has 2 aromatic rings. The molecule has 1 aliphatic rings. The lowest BCUT2D eigenvalue weighted by molar-refractivity contribution is -0.114. The van der Waals surface area contributed by atoms with Gasteiger partial charge in [0.05, 0.1) is 17.8 Å². The average molecular weight is 286 g/mol. The van der Waals surface area contributed by atoms with E-state index in [2.05, 4.69) is 5.16 Å². The Bertz CT molecular complexity index is 777. The summed E-state index contributed by atoms with van der Waals surface area (Å²) in [6, 6.07) is 6.35. The second-order valence-electron chi connectivity index (χ2n) is 4.72. The van der Waals surface area contributed by atoms with E-state index in [1.54, 1.807) is 18.2 Å². The van der Waals surface area contributed by atoms with Crippen LogP contribution in [0.25, 0.3) is 0 Å². The van der Waals surface area contributed by atoms with E-state index in [0.717, 1.165) is 5.56 Å². The van der Waals surface area contributed by atoms with Crippen molar-refractivity contribution in [2.75, 3.05) is 4.90 Å². The first-order chi connectivity index (χ1) is 9.97. The summed E-state index contributed by atoms with van der Waals surface area (Å²) in [5.74, 6) is -2.26. The summed E-state index contributed by atoms with van der Waals surface area (Å²) in [5.41, 5.74) is 1.47. The van der Waals surface area contributed by atoms with Gasteiger partial charge < -0.3 is 9.63 Å². The number of aryl methyl sites for hydroxylation is 1. The van der Waals surface area contributed by atoms with Gasteiger partial charge in [0.15, 0.2) is 11.5 Å². The van der Waals surface area contributed by atoms with Crippen molar-refractivity contribution in [3.63, 3.8) is 0 Å². The lowest BCUT2D eigenvalue weighted by Gasteiger charge is -2.14. The minimum Gasteiger partial charge on any atom is -0.476 e. The van der Waals surface area contributed by atoms with Crippen LogP contribution >= 0.6 is 0 Å². The zero-order valence-electron chi connectivity index (χ0n) is 11.0. The van der Waals surface area contributed by atoms with Crippen molar-refractivity contribution in [3.8, 4) is 0 Å². The molecule has 106 valence electrons. The van der Waals surface area contributed by atoms with Gasteiger partial charge >= 0.3 is 5.97 Å². The smallest absolute Gasteiger partial charge is 0.358 e. The topological polar surface area (TPSA) is 101 Å². The Kier molecular flexibility index (Phi) is 2.83. The first kappa shape index (κ1) is 13.0. The fourth-order valence-electron chi connectivity index (χ4n) is 2.22. The van der Waals surface area contributed by atoms with Crippen LogP contribution < -0.4 is 4.90 Å². The van der Waals surface area contributed by atoms with Crippen LogP contribution in [-0.4, -0.2) is 27.9 Å². The Hall–Kier alpha value is -2.96. The molecule has 0 bridgehead atoms. The fraction of sp³-hybridized carbons (Fsp3) is 0.143. The molecule has 1 amide bonds. The van der Waals surface area contributed by atoms with Crippen molar-refractivity contribution in [2.24, 2.45) is 0 Å². The lowest BCUT2D eigenvalue weighted by Crippen LogP contribution is -2.28. The molecule has 0 unspecified atom stereocenters. The van der Waals surface area contributed by atoms with Crippen molar-refractivity contribution in [1.29, 1.82) is 0 Å². The summed E-state index contributed by atoms with van der Waals surface area (Å²) in [6.07, 6.45) is 0. The second-order valence-corrected chi connectivity index (χ2v) is 4.72. The van der Waals surface area contributed by atoms with Gasteiger partial charge in [0.2, 0.25) is 0 Å². The van der Waals surface area contributed by atoms with E-state index < -0.39 is 17.7 Å². The van der Waals surface area contributed by atoms with E-state index in [0.29, 0.717) is 11.3 Å². The Balaban J connectivity index is 1.94. The number of aromatic nitrogens is 1. The molecule has 1 aliphatic heterocycles. The van der Waals surface area contributed by atoms with Gasteiger partial charge in [-0.25, -0.2) is 4.79 Å². The van der Waals surface area contributed by atoms with Crippen molar-refractivity contribution in [1.82, 2.24) is 5.16 Å². The molecule has 1 aromatic carbocycles. The summed E-state index contributed by atoms with van der Waals surface area (Å²) in [6.45, 7) is 1.79. The maximum atomic E-state index is 12.0. The molecule has 21 heavy (non-hydrogen) atoms. The zero-order valence-corrected chi connectivity index (χ0v) is 11.0. The minimum atomic E-state index is -1.22. The van der Waals surface area contributed by atoms with Gasteiger partial charge in [-0.3, -0.25) is 14.5 Å². The zero-order chi connectivity index (χ0) is 15.1. The van der Waals surface area contributed by atoms with Crippen LogP contribution in [0.4, 0.5) is 5.69 Å². The van der Waals surface area contributed by atoms with Gasteiger partial charge in [0, 0.05) is 6.07 Å². The molecular formula is C14H10N2O5. The number of carbonyl (C=O) groups excluding carboxylic acids is 2. The third kappa shape index (κ3) is 2.08. The number of hydrogen-bond donors (Lipinski definition) is 1. The highest BCUT2D eigenvalue weighted by Gasteiger charge is 2.36. The van der Waals surface area contributed by atoms with Gasteiger partial charge in [-0.15, -0.1) is 0 Å². The number of Topliss-reactive ketones (excluding diaryl/α,β-unsaturated/α-hetero) is 1. The molecule has 2 heterocycles. The van der Waals surface area contributed by atoms with E-state index in [4.69, 9.17) is 9.63 Å². The molecule has 1 N–H and O–H groups in total. The number of fused-ring (bicyclic) bond motifs is 1. The van der Waals surface area contributed by atoms with Gasteiger partial charge in [-0.1, -0.05) is 16.8 Å². The normalized spacial score (nSPS) is 13.7. The number of carbonyl (C=O) groups is 3. The second kappa shape index (κ2) is 4.55. The van der Waals surface area contributed by atoms with Crippen LogP contribution in [0.1, 0.15) is 32.2 Å². The summed E-state index contributed by atoms with van der Waals surface area (Å²) >= 11 is 0. The third-order valence-electron chi connectivity index (χ3n) is 3.22. The molecule has 1 aromatic heterocycles. The highest BCUT2D eigenvalue weighted by molar-refractivity contribution is 6.52. The van der Waals surface area contributed by atoms with E-state index in [1.165, 1.54) is 11.0 Å². The predicted octanol–water partition coefficient (Wildman–Crippen LogP) is 1.41. The summed E-state index contributed by atoms with van der Waals surface area (Å²) in [5, 5.41) is 12.2. The molecule has 0 saturated heterocycles. The highest BCUT2D eigenvalue weighted by Crippen LogP contribution is 2.31. The largest absolute Gasteiger partial charge is 0.476 e. The Morgan fingerprint density at radius 3 is 2.76 bits per heavy atom. The molecule has 7 nitrogen and oxygen atoms in total. The maximum Gasteiger partial charge on any atom is 0.358 e. The highest BCUT2D eigenvalue weighted by atomic mass is 16.5. The summed E-state index contributed by atoms with van der Waals surface area (Å²) < 4.78 is 4.87. The Morgan fingerprint density at radius 2 is 2.10 bits per heavy atom. The van der Waals surface area contributed by atoms with E-state index in [1.807, 2.05) is 6.92 Å². The van der Waals surface area contributed by atoms with Gasteiger partial charge in [0.25, 0.3) is 11.7 Å². The van der Waals surface area contributed by atoms with Crippen molar-refractivity contribution in [3.05, 3.63) is 46.8 Å². The molecule has 3 rings (SSSR count). The van der Waals surface area contributed by atoms with Gasteiger partial charge in [-0.05, 0) is 19.1 Å². The number of rotatable bonds is 3. The van der Waals surface area contributed by atoms with Crippen LogP contribution in [0, 0.1) is 6.92 Å². The molecular weight excluding hydrogens is 276 g/mol. The Labute approximate surface area is 118 Å². The van der Waals surface area contributed by atoms with E-state index >= 15 is 0 Å². The van der Waals surface area contributed by atoms with Gasteiger partial charge in [-0.2, -0.15) is 0 Å². The maximum absolute atomic E-state index is 12.0. The number of carboxylic acids is 1. The average Bonchev–Trinajstić information content (AvgIpc) is 2.99. The summed E-state index contributed by atoms with van der Waals surface area (Å²) in [4.78, 5) is 35.9. The standard InChI is InChI=1S/C14H10N2O5/c1-7-2-3-11-9(4-7)12(17)13(18)16(11)6-8-5-10(14(19)20)15-21-8/h2-5H,6H2,1H3,(H,19,20). The van der Waals surface area contributed by atoms with Crippen LogP contribution in [0.2, 0.25) is 0 Å². The number of benzene rings is 1. The molecule has 0 saturated carbocycles. The molecule has 0 aliphatic carbocycles. The Morgan fingerprint density at radius 1 is 1.33 bits per heavy atom. The molecule has 7 heteroatoms. The van der Waals surface area contributed by atoms with Crippen LogP contribution in [0.15, 0.2) is 28.8 Å². The number of anilines is 1. The van der Waals surface area contributed by atoms with Crippen molar-refractivity contribution < 1.29 is 24.0 Å². The van der Waals surface area contributed by atoms with E-state index in [9.17, 15) is 14.4 Å². The third-order valence-corrected chi connectivity index (χ3v) is 3.22.